The predicted octanol–water partition coefficient (Wildman–Crippen LogP) is 7.21. The highest BCUT2D eigenvalue weighted by atomic mass is 35.5. The number of rotatable bonds is 7. The number of carbonyl (C=O) groups is 3. The molecule has 0 spiro atoms. The van der Waals surface area contributed by atoms with E-state index in [2.05, 4.69) is 5.32 Å². The van der Waals surface area contributed by atoms with E-state index in [1.54, 1.807) is 66.7 Å². The van der Waals surface area contributed by atoms with Gasteiger partial charge in [-0.25, -0.2) is 0 Å². The minimum Gasteiger partial charge on any atom is -0.483 e. The molecular formula is C26H19Cl3N2O4S. The van der Waals surface area contributed by atoms with E-state index in [9.17, 15) is 14.4 Å². The van der Waals surface area contributed by atoms with Gasteiger partial charge in [-0.1, -0.05) is 65.1 Å². The lowest BCUT2D eigenvalue weighted by molar-refractivity contribution is -0.123. The van der Waals surface area contributed by atoms with Crippen LogP contribution in [0.1, 0.15) is 16.7 Å². The van der Waals surface area contributed by atoms with Gasteiger partial charge in [0, 0.05) is 31.9 Å². The molecule has 1 saturated heterocycles. The number of halogens is 3. The van der Waals surface area contributed by atoms with Gasteiger partial charge in [0.2, 0.25) is 0 Å². The number of thioether (sulfide) groups is 1. The molecule has 0 unspecified atom stereocenters. The smallest absolute Gasteiger partial charge is 0.293 e. The summed E-state index contributed by atoms with van der Waals surface area (Å²) in [5.74, 6) is -0.456. The molecular weight excluding hydrogens is 543 g/mol. The summed E-state index contributed by atoms with van der Waals surface area (Å²) < 4.78 is 5.71. The van der Waals surface area contributed by atoms with Gasteiger partial charge in [-0.05, 0) is 60.7 Å². The van der Waals surface area contributed by atoms with Gasteiger partial charge in [-0.15, -0.1) is 0 Å². The Balaban J connectivity index is 1.46. The summed E-state index contributed by atoms with van der Waals surface area (Å²) in [4.78, 5) is 39.3. The van der Waals surface area contributed by atoms with Gasteiger partial charge in [0.15, 0.2) is 6.61 Å². The molecule has 1 aliphatic rings. The number of anilines is 1. The van der Waals surface area contributed by atoms with Crippen LogP contribution in [0.15, 0.2) is 65.6 Å². The maximum atomic E-state index is 13.0. The summed E-state index contributed by atoms with van der Waals surface area (Å²) in [7, 11) is 0. The Labute approximate surface area is 227 Å². The van der Waals surface area contributed by atoms with Crippen LogP contribution in [0.2, 0.25) is 15.1 Å². The number of amides is 3. The highest BCUT2D eigenvalue weighted by Gasteiger charge is 2.36. The number of imide groups is 1. The van der Waals surface area contributed by atoms with E-state index in [1.165, 1.54) is 0 Å². The Morgan fingerprint density at radius 1 is 1.00 bits per heavy atom. The number of benzene rings is 3. The van der Waals surface area contributed by atoms with Crippen molar-refractivity contribution < 1.29 is 19.1 Å². The average molecular weight is 562 g/mol. The van der Waals surface area contributed by atoms with Crippen LogP contribution in [-0.2, 0) is 16.1 Å². The van der Waals surface area contributed by atoms with Crippen molar-refractivity contribution in [3.63, 3.8) is 0 Å². The maximum absolute atomic E-state index is 13.0. The molecule has 6 nitrogen and oxygen atoms in total. The van der Waals surface area contributed by atoms with Crippen LogP contribution in [0.4, 0.5) is 10.5 Å². The van der Waals surface area contributed by atoms with E-state index < -0.39 is 11.1 Å². The number of hydrogen-bond donors (Lipinski definition) is 1. The van der Waals surface area contributed by atoms with Gasteiger partial charge >= 0.3 is 0 Å². The predicted molar refractivity (Wildman–Crippen MR) is 145 cm³/mol. The van der Waals surface area contributed by atoms with Gasteiger partial charge in [0.25, 0.3) is 17.1 Å². The van der Waals surface area contributed by atoms with Gasteiger partial charge in [-0.2, -0.15) is 0 Å². The quantitative estimate of drug-likeness (QED) is 0.309. The van der Waals surface area contributed by atoms with Crippen LogP contribution >= 0.6 is 46.6 Å². The van der Waals surface area contributed by atoms with Crippen LogP contribution in [0.5, 0.6) is 5.75 Å². The summed E-state index contributed by atoms with van der Waals surface area (Å²) in [5.41, 5.74) is 2.50. The van der Waals surface area contributed by atoms with Crippen LogP contribution in [0.3, 0.4) is 0 Å². The first kappa shape index (κ1) is 26.1. The Bertz CT molecular complexity index is 1370. The fourth-order valence-corrected chi connectivity index (χ4v) is 4.89. The Kier molecular flexibility index (Phi) is 8.26. The maximum Gasteiger partial charge on any atom is 0.293 e. The molecule has 36 heavy (non-hydrogen) atoms. The SMILES string of the molecule is Cc1ccc(NC(=O)COc2ccccc2/C=C2\SC(=O)N(Cc3c(Cl)cccc3Cl)C2=O)cc1Cl. The van der Waals surface area contributed by atoms with E-state index in [0.29, 0.717) is 37.6 Å². The minimum absolute atomic E-state index is 0.0398. The van der Waals surface area contributed by atoms with Crippen molar-refractivity contribution >= 4 is 75.4 Å². The van der Waals surface area contributed by atoms with Gasteiger partial charge in [-0.3, -0.25) is 19.3 Å². The highest BCUT2D eigenvalue weighted by Crippen LogP contribution is 2.36. The number of hydrogen-bond acceptors (Lipinski definition) is 5. The van der Waals surface area contributed by atoms with E-state index in [0.717, 1.165) is 22.2 Å². The number of nitrogens with zero attached hydrogens (tertiary/aromatic N) is 1. The normalized spacial score (nSPS) is 14.4. The molecule has 0 aromatic heterocycles. The molecule has 1 heterocycles. The van der Waals surface area contributed by atoms with Crippen LogP contribution in [-0.4, -0.2) is 28.6 Å². The molecule has 0 atom stereocenters. The fraction of sp³-hybridized carbons (Fsp3) is 0.115. The number of para-hydroxylation sites is 1. The third-order valence-electron chi connectivity index (χ3n) is 5.27. The first-order valence-electron chi connectivity index (χ1n) is 10.7. The molecule has 3 aromatic rings. The van der Waals surface area contributed by atoms with E-state index in [-0.39, 0.29) is 24.0 Å². The van der Waals surface area contributed by atoms with Crippen molar-refractivity contribution in [1.29, 1.82) is 0 Å². The first-order chi connectivity index (χ1) is 17.2. The number of carbonyl (C=O) groups excluding carboxylic acids is 3. The fourth-order valence-electron chi connectivity index (χ4n) is 3.36. The van der Waals surface area contributed by atoms with E-state index in [4.69, 9.17) is 39.5 Å². The molecule has 10 heteroatoms. The second-order valence-electron chi connectivity index (χ2n) is 7.81. The summed E-state index contributed by atoms with van der Waals surface area (Å²) in [6, 6.07) is 17.1. The lowest BCUT2D eigenvalue weighted by atomic mass is 10.1. The first-order valence-corrected chi connectivity index (χ1v) is 12.6. The molecule has 0 saturated carbocycles. The topological polar surface area (TPSA) is 75.7 Å². The van der Waals surface area contributed by atoms with Crippen molar-refractivity contribution in [2.45, 2.75) is 13.5 Å². The third-order valence-corrected chi connectivity index (χ3v) is 7.29. The number of nitrogens with one attached hydrogen (secondary N) is 1. The lowest BCUT2D eigenvalue weighted by Crippen LogP contribution is -2.27. The van der Waals surface area contributed by atoms with Crippen LogP contribution in [0, 0.1) is 6.92 Å². The molecule has 1 N–H and O–H groups in total. The zero-order valence-electron chi connectivity index (χ0n) is 18.9. The molecule has 3 aromatic carbocycles. The van der Waals surface area contributed by atoms with Crippen molar-refractivity contribution in [3.05, 3.63) is 97.3 Å². The van der Waals surface area contributed by atoms with Crippen molar-refractivity contribution in [1.82, 2.24) is 4.90 Å². The Morgan fingerprint density at radius 3 is 2.44 bits per heavy atom. The van der Waals surface area contributed by atoms with Crippen molar-refractivity contribution in [2.24, 2.45) is 0 Å². The number of ether oxygens (including phenoxy) is 1. The molecule has 0 bridgehead atoms. The molecule has 1 aliphatic heterocycles. The van der Waals surface area contributed by atoms with Crippen LogP contribution < -0.4 is 10.1 Å². The zero-order valence-corrected chi connectivity index (χ0v) is 22.0. The highest BCUT2D eigenvalue weighted by molar-refractivity contribution is 8.18. The van der Waals surface area contributed by atoms with Crippen molar-refractivity contribution in [3.8, 4) is 5.75 Å². The lowest BCUT2D eigenvalue weighted by Gasteiger charge is -2.14. The molecule has 1 fully saturated rings. The Morgan fingerprint density at radius 2 is 1.72 bits per heavy atom. The monoisotopic (exact) mass is 560 g/mol. The second kappa shape index (κ2) is 11.4. The Hall–Kier alpha value is -2.97. The largest absolute Gasteiger partial charge is 0.483 e. The zero-order chi connectivity index (χ0) is 25.8. The van der Waals surface area contributed by atoms with Gasteiger partial charge in [0.05, 0.1) is 11.4 Å². The van der Waals surface area contributed by atoms with Gasteiger partial charge in [0.1, 0.15) is 5.75 Å². The van der Waals surface area contributed by atoms with Crippen molar-refractivity contribution in [2.75, 3.05) is 11.9 Å². The molecule has 3 amide bonds. The summed E-state index contributed by atoms with van der Waals surface area (Å²) in [6.07, 6.45) is 1.56. The molecule has 0 aliphatic carbocycles. The number of aryl methyl sites for hydroxylation is 1. The summed E-state index contributed by atoms with van der Waals surface area (Å²) in [6.45, 7) is 1.57. The van der Waals surface area contributed by atoms with Crippen LogP contribution in [0.25, 0.3) is 6.08 Å². The standard InChI is InChI=1S/C26H19Cl3N2O4S/c1-15-9-10-17(12-21(15)29)30-24(32)14-35-22-8-3-2-5-16(22)11-23-25(33)31(26(34)36-23)13-18-19(27)6-4-7-20(18)28/h2-12H,13-14H2,1H3,(H,30,32)/b23-11-. The van der Waals surface area contributed by atoms with E-state index in [1.807, 2.05) is 6.92 Å². The third kappa shape index (κ3) is 6.05. The minimum atomic E-state index is -0.468. The van der Waals surface area contributed by atoms with E-state index >= 15 is 0 Å². The molecule has 0 radical (unpaired) electrons. The van der Waals surface area contributed by atoms with Gasteiger partial charge < -0.3 is 10.1 Å². The summed E-state index contributed by atoms with van der Waals surface area (Å²) >= 11 is 19.3. The molecule has 4 rings (SSSR count). The molecule has 184 valence electrons. The second-order valence-corrected chi connectivity index (χ2v) is 10.0. The summed E-state index contributed by atoms with van der Waals surface area (Å²) in [5, 5.41) is 3.58. The average Bonchev–Trinajstić information content (AvgIpc) is 3.10.